The molecule has 0 aromatic rings. The van der Waals surface area contributed by atoms with Crippen LogP contribution in [0.15, 0.2) is 24.3 Å². The Kier molecular flexibility index (Phi) is 54.9. The number of carbonyl (C=O) groups is 4. The molecule has 0 saturated heterocycles. The van der Waals surface area contributed by atoms with Gasteiger partial charge in [-0.15, -0.1) is 0 Å². The van der Waals surface area contributed by atoms with Crippen LogP contribution in [0.1, 0.15) is 291 Å². The molecule has 0 aliphatic rings. The first-order valence-corrected chi connectivity index (χ1v) is 35.1. The Morgan fingerprint density at radius 3 is 0.901 bits per heavy atom. The van der Waals surface area contributed by atoms with Crippen molar-refractivity contribution in [3.05, 3.63) is 24.3 Å². The molecule has 0 aliphatic carbocycles. The Labute approximate surface area is 491 Å². The second-order valence-electron chi connectivity index (χ2n) is 21.8. The summed E-state index contributed by atoms with van der Waals surface area (Å²) >= 11 is 0. The molecule has 0 amide bonds. The van der Waals surface area contributed by atoms with Crippen molar-refractivity contribution >= 4 is 39.5 Å². The SMILES string of the molecule is CCCCCC/C=C\C=C/CCCCCCCC(=O)O[C@H](COC(=O)CCCCCCCCCCCCCCC)COP(=O)(O)OC[C@@H](O)COP(=O)(O)OC[C@@H](COC(=O)CCCCCCC)OC(=O)CCCCCCCCCC. The summed E-state index contributed by atoms with van der Waals surface area (Å²) in [7, 11) is -9.88. The van der Waals surface area contributed by atoms with Crippen molar-refractivity contribution < 1.29 is 80.2 Å². The van der Waals surface area contributed by atoms with Crippen LogP contribution in [0.3, 0.4) is 0 Å². The van der Waals surface area contributed by atoms with Gasteiger partial charge in [-0.05, 0) is 51.4 Å². The molecule has 0 aromatic heterocycles. The lowest BCUT2D eigenvalue weighted by Crippen LogP contribution is -2.30. The van der Waals surface area contributed by atoms with E-state index in [1.54, 1.807) is 0 Å². The Morgan fingerprint density at radius 2 is 0.593 bits per heavy atom. The molecule has 19 heteroatoms. The maximum absolute atomic E-state index is 12.9. The van der Waals surface area contributed by atoms with Crippen LogP contribution in [0, 0.1) is 0 Å². The Bertz CT molecular complexity index is 1660. The monoisotopic (exact) mass is 1190 g/mol. The second-order valence-corrected chi connectivity index (χ2v) is 24.7. The van der Waals surface area contributed by atoms with Gasteiger partial charge in [0.2, 0.25) is 0 Å². The van der Waals surface area contributed by atoms with Crippen LogP contribution in [0.2, 0.25) is 0 Å². The van der Waals surface area contributed by atoms with E-state index in [2.05, 4.69) is 52.0 Å². The number of esters is 4. The zero-order valence-electron chi connectivity index (χ0n) is 51.2. The van der Waals surface area contributed by atoms with Crippen LogP contribution < -0.4 is 0 Å². The van der Waals surface area contributed by atoms with Gasteiger partial charge in [0.05, 0.1) is 26.4 Å². The number of aliphatic hydroxyl groups is 1. The van der Waals surface area contributed by atoms with Crippen molar-refractivity contribution in [2.45, 2.75) is 309 Å². The largest absolute Gasteiger partial charge is 0.472 e. The van der Waals surface area contributed by atoms with E-state index in [1.165, 1.54) is 96.3 Å². The number of phosphoric ester groups is 2. The van der Waals surface area contributed by atoms with Gasteiger partial charge < -0.3 is 33.8 Å². The van der Waals surface area contributed by atoms with Crippen molar-refractivity contribution in [2.24, 2.45) is 0 Å². The summed E-state index contributed by atoms with van der Waals surface area (Å²) in [4.78, 5) is 71.8. The van der Waals surface area contributed by atoms with E-state index in [0.717, 1.165) is 116 Å². The maximum atomic E-state index is 12.9. The molecule has 0 heterocycles. The predicted octanol–water partition coefficient (Wildman–Crippen LogP) is 16.7. The lowest BCUT2D eigenvalue weighted by atomic mass is 10.0. The summed E-state index contributed by atoms with van der Waals surface area (Å²) in [6.45, 7) is 4.70. The van der Waals surface area contributed by atoms with Gasteiger partial charge in [-0.3, -0.25) is 37.3 Å². The lowest BCUT2D eigenvalue weighted by Gasteiger charge is -2.21. The highest BCUT2D eigenvalue weighted by molar-refractivity contribution is 7.47. The number of phosphoric acid groups is 2. The van der Waals surface area contributed by atoms with Gasteiger partial charge >= 0.3 is 39.5 Å². The maximum Gasteiger partial charge on any atom is 0.472 e. The Hall–Kier alpha value is -2.46. The molecule has 2 unspecified atom stereocenters. The molecular weight excluding hydrogens is 1080 g/mol. The quantitative estimate of drug-likeness (QED) is 0.0169. The van der Waals surface area contributed by atoms with Crippen LogP contribution in [-0.4, -0.2) is 96.7 Å². The first-order chi connectivity index (χ1) is 39.2. The zero-order chi connectivity index (χ0) is 59.8. The molecule has 476 valence electrons. The van der Waals surface area contributed by atoms with E-state index in [0.29, 0.717) is 25.7 Å². The third-order valence-corrected chi connectivity index (χ3v) is 15.6. The van der Waals surface area contributed by atoms with Crippen LogP contribution in [-0.2, 0) is 65.4 Å². The number of allylic oxidation sites excluding steroid dienone is 4. The van der Waals surface area contributed by atoms with E-state index in [-0.39, 0.29) is 25.7 Å². The van der Waals surface area contributed by atoms with Crippen LogP contribution in [0.5, 0.6) is 0 Å². The minimum absolute atomic E-state index is 0.0854. The van der Waals surface area contributed by atoms with Crippen molar-refractivity contribution in [3.8, 4) is 0 Å². The highest BCUT2D eigenvalue weighted by atomic mass is 31.2. The topological polar surface area (TPSA) is 237 Å². The molecule has 0 rings (SSSR count). The molecule has 3 N–H and O–H groups in total. The van der Waals surface area contributed by atoms with Gasteiger partial charge in [0.25, 0.3) is 0 Å². The molecule has 0 fully saturated rings. The fourth-order valence-corrected chi connectivity index (χ4v) is 10.3. The molecular formula is C62H116O17P2. The standard InChI is InChI=1S/C62H116O17P2/c1-5-9-13-17-20-23-25-27-28-30-32-34-37-41-45-49-62(67)79-58(53-73-60(65)47-43-39-36-33-31-29-26-24-21-18-14-10-6-2)55-77-81(70,71)75-51-56(63)50-74-80(68,69)76-54-57(52-72-59(64)46-42-38-16-12-8-4)78-61(66)48-44-40-35-22-19-15-11-7-3/h23,25,27-28,56-58,63H,5-22,24,26,29-55H2,1-4H3,(H,68,69)(H,70,71)/b25-23-,28-27-/t56-,57+,58+/m0/s1. The molecule has 0 saturated carbocycles. The number of unbranched alkanes of at least 4 members (excludes halogenated alkanes) is 32. The van der Waals surface area contributed by atoms with E-state index >= 15 is 0 Å². The molecule has 0 spiro atoms. The van der Waals surface area contributed by atoms with Crippen molar-refractivity contribution in [2.75, 3.05) is 39.6 Å². The minimum atomic E-state index is -4.95. The number of hydrogen-bond acceptors (Lipinski definition) is 15. The summed E-state index contributed by atoms with van der Waals surface area (Å²) in [6.07, 6.45) is 44.3. The summed E-state index contributed by atoms with van der Waals surface area (Å²) in [5.41, 5.74) is 0. The summed E-state index contributed by atoms with van der Waals surface area (Å²) in [5.74, 6) is -2.18. The Morgan fingerprint density at radius 1 is 0.346 bits per heavy atom. The summed E-state index contributed by atoms with van der Waals surface area (Å²) in [5, 5.41) is 10.5. The summed E-state index contributed by atoms with van der Waals surface area (Å²) < 4.78 is 67.6. The van der Waals surface area contributed by atoms with Gasteiger partial charge in [-0.25, -0.2) is 9.13 Å². The number of carbonyl (C=O) groups excluding carboxylic acids is 4. The molecule has 0 aromatic carbocycles. The van der Waals surface area contributed by atoms with Crippen LogP contribution in [0.25, 0.3) is 0 Å². The molecule has 0 aliphatic heterocycles. The van der Waals surface area contributed by atoms with E-state index < -0.39 is 97.5 Å². The minimum Gasteiger partial charge on any atom is -0.462 e. The molecule has 0 radical (unpaired) electrons. The number of aliphatic hydroxyl groups excluding tert-OH is 1. The highest BCUT2D eigenvalue weighted by Crippen LogP contribution is 2.45. The van der Waals surface area contributed by atoms with Gasteiger partial charge in [-0.1, -0.05) is 238 Å². The first-order valence-electron chi connectivity index (χ1n) is 32.1. The predicted molar refractivity (Wildman–Crippen MR) is 321 cm³/mol. The van der Waals surface area contributed by atoms with Gasteiger partial charge in [0.1, 0.15) is 19.3 Å². The Balaban J connectivity index is 5.20. The molecule has 81 heavy (non-hydrogen) atoms. The van der Waals surface area contributed by atoms with E-state index in [9.17, 15) is 43.2 Å². The van der Waals surface area contributed by atoms with Crippen molar-refractivity contribution in [1.29, 1.82) is 0 Å². The average Bonchev–Trinajstić information content (AvgIpc) is 3.44. The fraction of sp³-hybridized carbons (Fsp3) is 0.871. The van der Waals surface area contributed by atoms with E-state index in [4.69, 9.17) is 37.0 Å². The van der Waals surface area contributed by atoms with E-state index in [1.807, 2.05) is 0 Å². The van der Waals surface area contributed by atoms with Gasteiger partial charge in [-0.2, -0.15) is 0 Å². The van der Waals surface area contributed by atoms with Crippen LogP contribution >= 0.6 is 15.6 Å². The third kappa shape index (κ3) is 56.4. The summed E-state index contributed by atoms with van der Waals surface area (Å²) in [6, 6.07) is 0. The lowest BCUT2D eigenvalue weighted by molar-refractivity contribution is -0.161. The molecule has 17 nitrogen and oxygen atoms in total. The van der Waals surface area contributed by atoms with Gasteiger partial charge in [0.15, 0.2) is 12.2 Å². The number of hydrogen-bond donors (Lipinski definition) is 3. The normalized spacial score (nSPS) is 14.4. The van der Waals surface area contributed by atoms with Crippen molar-refractivity contribution in [1.82, 2.24) is 0 Å². The second kappa shape index (κ2) is 56.7. The number of rotatable bonds is 61. The number of ether oxygens (including phenoxy) is 4. The molecule has 5 atom stereocenters. The van der Waals surface area contributed by atoms with Crippen molar-refractivity contribution in [3.63, 3.8) is 0 Å². The van der Waals surface area contributed by atoms with Gasteiger partial charge in [0, 0.05) is 25.7 Å². The van der Waals surface area contributed by atoms with Crippen LogP contribution in [0.4, 0.5) is 0 Å². The smallest absolute Gasteiger partial charge is 0.462 e. The molecule has 0 bridgehead atoms. The highest BCUT2D eigenvalue weighted by Gasteiger charge is 2.30. The average molecular weight is 1200 g/mol. The third-order valence-electron chi connectivity index (χ3n) is 13.7. The zero-order valence-corrected chi connectivity index (χ0v) is 53.0. The fourth-order valence-electron chi connectivity index (χ4n) is 8.74. The first kappa shape index (κ1) is 78.5.